The number of aryl methyl sites for hydroxylation is 3. The molecule has 0 saturated carbocycles. The lowest BCUT2D eigenvalue weighted by Crippen LogP contribution is -2.16. The largest absolute Gasteiger partial charge is 0.469 e. The summed E-state index contributed by atoms with van der Waals surface area (Å²) in [4.78, 5) is 11.2. The van der Waals surface area contributed by atoms with E-state index in [0.717, 1.165) is 16.7 Å². The Kier molecular flexibility index (Phi) is 4.91. The molecule has 2 unspecified atom stereocenters. The van der Waals surface area contributed by atoms with Crippen LogP contribution in [0.15, 0.2) is 12.1 Å². The van der Waals surface area contributed by atoms with E-state index in [1.165, 1.54) is 12.7 Å². The van der Waals surface area contributed by atoms with Crippen LogP contribution >= 0.6 is 0 Å². The lowest BCUT2D eigenvalue weighted by molar-refractivity contribution is -0.142. The highest BCUT2D eigenvalue weighted by Crippen LogP contribution is 2.30. The van der Waals surface area contributed by atoms with E-state index in [1.54, 1.807) is 0 Å². The molecule has 1 N–H and O–H groups in total. The van der Waals surface area contributed by atoms with Crippen LogP contribution in [0, 0.1) is 26.7 Å². The van der Waals surface area contributed by atoms with Gasteiger partial charge in [0.2, 0.25) is 0 Å². The summed E-state index contributed by atoms with van der Waals surface area (Å²) < 4.78 is 4.64. The van der Waals surface area contributed by atoms with Gasteiger partial charge < -0.3 is 9.84 Å². The molecule has 0 amide bonds. The third-order valence-electron chi connectivity index (χ3n) is 3.29. The molecule has 0 heterocycles. The molecule has 1 aromatic rings. The van der Waals surface area contributed by atoms with Crippen LogP contribution in [0.5, 0.6) is 0 Å². The minimum absolute atomic E-state index is 0.155. The molecule has 0 aromatic heterocycles. The van der Waals surface area contributed by atoms with Crippen molar-refractivity contribution in [2.24, 2.45) is 5.92 Å². The van der Waals surface area contributed by atoms with Gasteiger partial charge in [-0.05, 0) is 43.4 Å². The predicted octanol–water partition coefficient (Wildman–Crippen LogP) is 2.84. The molecule has 0 fully saturated rings. The van der Waals surface area contributed by atoms with Crippen LogP contribution in [0.25, 0.3) is 0 Å². The van der Waals surface area contributed by atoms with Crippen molar-refractivity contribution in [3.05, 3.63) is 34.4 Å². The summed E-state index contributed by atoms with van der Waals surface area (Å²) in [5, 5.41) is 10.4. The minimum atomic E-state index is -0.635. The van der Waals surface area contributed by atoms with Crippen LogP contribution < -0.4 is 0 Å². The van der Waals surface area contributed by atoms with E-state index in [2.05, 4.69) is 16.9 Å². The molecular weight excluding hydrogens is 228 g/mol. The second kappa shape index (κ2) is 6.01. The first-order valence-electron chi connectivity index (χ1n) is 6.19. The molecule has 3 heteroatoms. The van der Waals surface area contributed by atoms with Crippen molar-refractivity contribution in [2.45, 2.75) is 40.2 Å². The summed E-state index contributed by atoms with van der Waals surface area (Å²) in [7, 11) is 1.36. The fourth-order valence-corrected chi connectivity index (χ4v) is 2.40. The molecule has 2 atom stereocenters. The molecule has 0 saturated heterocycles. The van der Waals surface area contributed by atoms with E-state index >= 15 is 0 Å². The zero-order valence-corrected chi connectivity index (χ0v) is 11.8. The van der Waals surface area contributed by atoms with Crippen LogP contribution in [-0.2, 0) is 9.53 Å². The number of hydrogen-bond acceptors (Lipinski definition) is 3. The van der Waals surface area contributed by atoms with Gasteiger partial charge in [-0.15, -0.1) is 0 Å². The Balaban J connectivity index is 2.96. The van der Waals surface area contributed by atoms with Gasteiger partial charge in [-0.25, -0.2) is 0 Å². The average molecular weight is 250 g/mol. The first kappa shape index (κ1) is 14.7. The van der Waals surface area contributed by atoms with Crippen molar-refractivity contribution in [1.82, 2.24) is 0 Å². The Bertz CT molecular complexity index is 414. The lowest BCUT2D eigenvalue weighted by Gasteiger charge is -2.22. The normalized spacial score (nSPS) is 14.1. The van der Waals surface area contributed by atoms with Gasteiger partial charge in [-0.3, -0.25) is 4.79 Å². The summed E-state index contributed by atoms with van der Waals surface area (Å²) in [6.07, 6.45) is -0.408. The van der Waals surface area contributed by atoms with Crippen LogP contribution in [0.3, 0.4) is 0 Å². The zero-order chi connectivity index (χ0) is 13.9. The number of ether oxygens (including phenoxy) is 1. The molecule has 0 radical (unpaired) electrons. The van der Waals surface area contributed by atoms with E-state index in [0.29, 0.717) is 0 Å². The van der Waals surface area contributed by atoms with Gasteiger partial charge in [0.1, 0.15) is 0 Å². The average Bonchev–Trinajstić information content (AvgIpc) is 2.27. The number of benzene rings is 1. The van der Waals surface area contributed by atoms with Crippen LogP contribution in [0.1, 0.15) is 41.7 Å². The Morgan fingerprint density at radius 1 is 1.28 bits per heavy atom. The fourth-order valence-electron chi connectivity index (χ4n) is 2.40. The van der Waals surface area contributed by atoms with Gasteiger partial charge in [0.15, 0.2) is 0 Å². The maximum Gasteiger partial charge on any atom is 0.305 e. The molecule has 0 aliphatic carbocycles. The maximum absolute atomic E-state index is 11.2. The third kappa shape index (κ3) is 3.33. The highest BCUT2D eigenvalue weighted by atomic mass is 16.5. The van der Waals surface area contributed by atoms with Crippen LogP contribution in [-0.4, -0.2) is 18.2 Å². The number of hydrogen-bond donors (Lipinski definition) is 1. The van der Waals surface area contributed by atoms with Crippen molar-refractivity contribution in [1.29, 1.82) is 0 Å². The number of carbonyl (C=O) groups excluding carboxylic acids is 1. The van der Waals surface area contributed by atoms with Crippen LogP contribution in [0.2, 0.25) is 0 Å². The van der Waals surface area contributed by atoms with Crippen molar-refractivity contribution in [2.75, 3.05) is 7.11 Å². The van der Waals surface area contributed by atoms with Gasteiger partial charge in [0.05, 0.1) is 19.6 Å². The monoisotopic (exact) mass is 250 g/mol. The Morgan fingerprint density at radius 3 is 2.22 bits per heavy atom. The predicted molar refractivity (Wildman–Crippen MR) is 71.4 cm³/mol. The number of methoxy groups -OCH3 is 1. The second-order valence-corrected chi connectivity index (χ2v) is 5.01. The Morgan fingerprint density at radius 2 is 1.78 bits per heavy atom. The van der Waals surface area contributed by atoms with Gasteiger partial charge >= 0.3 is 5.97 Å². The molecule has 0 aliphatic rings. The standard InChI is InChI=1S/C15H22O3/c1-9-6-10(2)14(11(3)7-9)15(17)12(4)8-13(16)18-5/h6-7,12,15,17H,8H2,1-5H3. The molecule has 18 heavy (non-hydrogen) atoms. The van der Waals surface area contributed by atoms with E-state index in [-0.39, 0.29) is 18.3 Å². The Hall–Kier alpha value is -1.35. The lowest BCUT2D eigenvalue weighted by atomic mass is 9.88. The molecule has 3 nitrogen and oxygen atoms in total. The van der Waals surface area contributed by atoms with Gasteiger partial charge in [-0.2, -0.15) is 0 Å². The van der Waals surface area contributed by atoms with Crippen molar-refractivity contribution >= 4 is 5.97 Å². The van der Waals surface area contributed by atoms with E-state index < -0.39 is 6.10 Å². The summed E-state index contributed by atoms with van der Waals surface area (Å²) in [6.45, 7) is 7.88. The smallest absolute Gasteiger partial charge is 0.305 e. The Labute approximate surface area is 109 Å². The second-order valence-electron chi connectivity index (χ2n) is 5.01. The molecule has 0 spiro atoms. The summed E-state index contributed by atoms with van der Waals surface area (Å²) >= 11 is 0. The van der Waals surface area contributed by atoms with Crippen LogP contribution in [0.4, 0.5) is 0 Å². The molecular formula is C15H22O3. The molecule has 0 bridgehead atoms. The number of rotatable bonds is 4. The van der Waals surface area contributed by atoms with Gasteiger partial charge in [0, 0.05) is 0 Å². The minimum Gasteiger partial charge on any atom is -0.469 e. The highest BCUT2D eigenvalue weighted by molar-refractivity contribution is 5.69. The van der Waals surface area contributed by atoms with Crippen molar-refractivity contribution < 1.29 is 14.6 Å². The maximum atomic E-state index is 11.2. The number of aliphatic hydroxyl groups excluding tert-OH is 1. The summed E-state index contributed by atoms with van der Waals surface area (Å²) in [6, 6.07) is 4.10. The SMILES string of the molecule is COC(=O)CC(C)C(O)c1c(C)cc(C)cc1C. The highest BCUT2D eigenvalue weighted by Gasteiger charge is 2.22. The first-order chi connectivity index (χ1) is 8.36. The fraction of sp³-hybridized carbons (Fsp3) is 0.533. The van der Waals surface area contributed by atoms with Gasteiger partial charge in [0.25, 0.3) is 0 Å². The zero-order valence-electron chi connectivity index (χ0n) is 11.8. The number of esters is 1. The molecule has 1 rings (SSSR count). The quantitative estimate of drug-likeness (QED) is 0.836. The van der Waals surface area contributed by atoms with E-state index in [4.69, 9.17) is 0 Å². The summed E-state index contributed by atoms with van der Waals surface area (Å²) in [5.74, 6) is -0.443. The van der Waals surface area contributed by atoms with E-state index in [1.807, 2.05) is 27.7 Å². The topological polar surface area (TPSA) is 46.5 Å². The number of carbonyl (C=O) groups is 1. The first-order valence-corrected chi connectivity index (χ1v) is 6.19. The van der Waals surface area contributed by atoms with Crippen molar-refractivity contribution in [3.63, 3.8) is 0 Å². The van der Waals surface area contributed by atoms with E-state index in [9.17, 15) is 9.90 Å². The molecule has 0 aliphatic heterocycles. The van der Waals surface area contributed by atoms with Crippen molar-refractivity contribution in [3.8, 4) is 0 Å². The molecule has 100 valence electrons. The summed E-state index contributed by atoms with van der Waals surface area (Å²) in [5.41, 5.74) is 4.24. The number of aliphatic hydroxyl groups is 1. The van der Waals surface area contributed by atoms with Gasteiger partial charge in [-0.1, -0.05) is 24.6 Å². The molecule has 1 aromatic carbocycles. The third-order valence-corrected chi connectivity index (χ3v) is 3.29.